The molecule has 3 nitrogen and oxygen atoms in total. The number of rotatable bonds is 3. The highest BCUT2D eigenvalue weighted by atomic mass is 79.9. The summed E-state index contributed by atoms with van der Waals surface area (Å²) in [7, 11) is 0. The largest absolute Gasteiger partial charge is 0.294 e. The van der Waals surface area contributed by atoms with E-state index in [0.29, 0.717) is 20.3 Å². The van der Waals surface area contributed by atoms with Crippen LogP contribution >= 0.6 is 27.3 Å². The predicted molar refractivity (Wildman–Crippen MR) is 107 cm³/mol. The minimum atomic E-state index is -0.351. The van der Waals surface area contributed by atoms with Gasteiger partial charge in [0.25, 0.3) is 5.56 Å². The van der Waals surface area contributed by atoms with Gasteiger partial charge in [0.15, 0.2) is 0 Å². The van der Waals surface area contributed by atoms with Crippen LogP contribution in [0.5, 0.6) is 0 Å². The van der Waals surface area contributed by atoms with Crippen molar-refractivity contribution in [3.63, 3.8) is 0 Å². The van der Waals surface area contributed by atoms with Gasteiger partial charge in [0, 0.05) is 21.0 Å². The Morgan fingerprint density at radius 3 is 2.69 bits per heavy atom. The van der Waals surface area contributed by atoms with Gasteiger partial charge in [-0.3, -0.25) is 9.36 Å². The Hall–Kier alpha value is -2.31. The number of aromatic nitrogens is 2. The van der Waals surface area contributed by atoms with Crippen molar-refractivity contribution in [3.05, 3.63) is 85.9 Å². The molecule has 0 aliphatic carbocycles. The number of nitrogens with zero attached hydrogens (tertiary/aromatic N) is 2. The predicted octanol–water partition coefficient (Wildman–Crippen LogP) is 5.38. The molecule has 0 saturated heterocycles. The molecule has 0 radical (unpaired) electrons. The first-order valence-corrected chi connectivity index (χ1v) is 9.68. The first kappa shape index (κ1) is 17.1. The van der Waals surface area contributed by atoms with Crippen LogP contribution in [-0.2, 0) is 6.54 Å². The fourth-order valence-electron chi connectivity index (χ4n) is 2.86. The maximum atomic E-state index is 14.1. The molecule has 6 heteroatoms. The van der Waals surface area contributed by atoms with Crippen molar-refractivity contribution in [2.24, 2.45) is 0 Å². The zero-order valence-corrected chi connectivity index (χ0v) is 16.3. The summed E-state index contributed by atoms with van der Waals surface area (Å²) in [6.45, 7) is 2.17. The van der Waals surface area contributed by atoms with Crippen molar-refractivity contribution in [1.29, 1.82) is 0 Å². The fourth-order valence-corrected chi connectivity index (χ4v) is 4.10. The fraction of sp³-hybridized carbons (Fsp3) is 0.100. The summed E-state index contributed by atoms with van der Waals surface area (Å²) in [6, 6.07) is 12.9. The van der Waals surface area contributed by atoms with E-state index in [4.69, 9.17) is 0 Å². The second-order valence-electron chi connectivity index (χ2n) is 6.11. The van der Waals surface area contributed by atoms with Gasteiger partial charge in [-0.2, -0.15) is 0 Å². The van der Waals surface area contributed by atoms with E-state index in [1.807, 2.05) is 36.6 Å². The minimum Gasteiger partial charge on any atom is -0.294 e. The molecule has 130 valence electrons. The maximum absolute atomic E-state index is 14.1. The highest BCUT2D eigenvalue weighted by Gasteiger charge is 2.14. The lowest BCUT2D eigenvalue weighted by Gasteiger charge is -2.08. The van der Waals surface area contributed by atoms with E-state index in [-0.39, 0.29) is 17.9 Å². The second kappa shape index (κ2) is 6.78. The zero-order chi connectivity index (χ0) is 18.3. The lowest BCUT2D eigenvalue weighted by molar-refractivity contribution is 0.594. The van der Waals surface area contributed by atoms with Gasteiger partial charge in [-0.05, 0) is 24.6 Å². The summed E-state index contributed by atoms with van der Waals surface area (Å²) in [5.74, 6) is -0.351. The van der Waals surface area contributed by atoms with Crippen LogP contribution in [0, 0.1) is 12.7 Å². The highest BCUT2D eigenvalue weighted by molar-refractivity contribution is 9.10. The summed E-state index contributed by atoms with van der Waals surface area (Å²) < 4.78 is 16.3. The monoisotopic (exact) mass is 428 g/mol. The molecule has 0 saturated carbocycles. The van der Waals surface area contributed by atoms with E-state index in [2.05, 4.69) is 20.9 Å². The Bertz CT molecular complexity index is 1160. The molecule has 0 bridgehead atoms. The SMILES string of the molecule is Cc1ccc(-c2csc3ncn(Cc4ccc(Br)cc4F)c(=O)c23)cc1. The van der Waals surface area contributed by atoms with E-state index >= 15 is 0 Å². The van der Waals surface area contributed by atoms with Gasteiger partial charge < -0.3 is 0 Å². The third-order valence-electron chi connectivity index (χ3n) is 4.28. The molecule has 0 atom stereocenters. The first-order chi connectivity index (χ1) is 12.5. The average molecular weight is 429 g/mol. The molecule has 0 spiro atoms. The summed E-state index contributed by atoms with van der Waals surface area (Å²) in [4.78, 5) is 18.1. The summed E-state index contributed by atoms with van der Waals surface area (Å²) in [5, 5.41) is 2.53. The van der Waals surface area contributed by atoms with E-state index in [0.717, 1.165) is 16.7 Å². The van der Waals surface area contributed by atoms with E-state index in [1.54, 1.807) is 12.1 Å². The Morgan fingerprint density at radius 1 is 1.19 bits per heavy atom. The van der Waals surface area contributed by atoms with E-state index in [9.17, 15) is 9.18 Å². The molecular formula is C20H14BrFN2OS. The number of thiophene rings is 1. The van der Waals surface area contributed by atoms with Gasteiger partial charge >= 0.3 is 0 Å². The zero-order valence-electron chi connectivity index (χ0n) is 13.9. The van der Waals surface area contributed by atoms with Crippen molar-refractivity contribution < 1.29 is 4.39 Å². The van der Waals surface area contributed by atoms with Gasteiger partial charge in [0.05, 0.1) is 18.3 Å². The van der Waals surface area contributed by atoms with Crippen LogP contribution < -0.4 is 5.56 Å². The molecular weight excluding hydrogens is 415 g/mol. The third kappa shape index (κ3) is 3.10. The van der Waals surface area contributed by atoms with Crippen LogP contribution in [0.4, 0.5) is 4.39 Å². The first-order valence-electron chi connectivity index (χ1n) is 8.00. The normalized spacial score (nSPS) is 11.2. The van der Waals surface area contributed by atoms with Crippen LogP contribution in [-0.4, -0.2) is 9.55 Å². The van der Waals surface area contributed by atoms with Crippen LogP contribution in [0.25, 0.3) is 21.3 Å². The molecule has 4 aromatic rings. The standard InChI is InChI=1S/C20H14BrFN2OS/c1-12-2-4-13(5-3-12)16-10-26-19-18(16)20(25)24(11-23-19)9-14-6-7-15(21)8-17(14)22/h2-8,10-11H,9H2,1H3. The third-order valence-corrected chi connectivity index (χ3v) is 5.66. The van der Waals surface area contributed by atoms with Gasteiger partial charge in [0.2, 0.25) is 0 Å². The molecule has 0 aliphatic heterocycles. The molecule has 0 fully saturated rings. The molecule has 0 amide bonds. The Labute approximate surface area is 161 Å². The van der Waals surface area contributed by atoms with Crippen molar-refractivity contribution in [2.45, 2.75) is 13.5 Å². The summed E-state index contributed by atoms with van der Waals surface area (Å²) in [6.07, 6.45) is 1.49. The van der Waals surface area contributed by atoms with Crippen molar-refractivity contribution >= 4 is 37.5 Å². The van der Waals surface area contributed by atoms with Gasteiger partial charge in [-0.1, -0.05) is 51.8 Å². The quantitative estimate of drug-likeness (QED) is 0.438. The molecule has 0 unspecified atom stereocenters. The van der Waals surface area contributed by atoms with E-state index < -0.39 is 0 Å². The Kier molecular flexibility index (Phi) is 4.46. The summed E-state index contributed by atoms with van der Waals surface area (Å²) in [5.41, 5.74) is 3.30. The van der Waals surface area contributed by atoms with Gasteiger partial charge in [-0.15, -0.1) is 11.3 Å². The van der Waals surface area contributed by atoms with Crippen LogP contribution in [0.2, 0.25) is 0 Å². The van der Waals surface area contributed by atoms with Crippen LogP contribution in [0.1, 0.15) is 11.1 Å². The number of hydrogen-bond acceptors (Lipinski definition) is 3. The second-order valence-corrected chi connectivity index (χ2v) is 7.88. The van der Waals surface area contributed by atoms with Crippen molar-refractivity contribution in [3.8, 4) is 11.1 Å². The topological polar surface area (TPSA) is 34.9 Å². The van der Waals surface area contributed by atoms with E-state index in [1.165, 1.54) is 28.3 Å². The number of benzene rings is 2. The number of aryl methyl sites for hydroxylation is 1. The highest BCUT2D eigenvalue weighted by Crippen LogP contribution is 2.30. The maximum Gasteiger partial charge on any atom is 0.263 e. The van der Waals surface area contributed by atoms with Crippen molar-refractivity contribution in [1.82, 2.24) is 9.55 Å². The molecule has 2 aromatic carbocycles. The lowest BCUT2D eigenvalue weighted by Crippen LogP contribution is -2.21. The number of hydrogen-bond donors (Lipinski definition) is 0. The molecule has 2 heterocycles. The Balaban J connectivity index is 1.82. The molecule has 2 aromatic heterocycles. The smallest absolute Gasteiger partial charge is 0.263 e. The number of halogens is 2. The molecule has 26 heavy (non-hydrogen) atoms. The number of fused-ring (bicyclic) bond motifs is 1. The van der Waals surface area contributed by atoms with Crippen molar-refractivity contribution in [2.75, 3.05) is 0 Å². The minimum absolute atomic E-state index is 0.143. The van der Waals surface area contributed by atoms with Crippen LogP contribution in [0.3, 0.4) is 0 Å². The van der Waals surface area contributed by atoms with Gasteiger partial charge in [-0.25, -0.2) is 9.37 Å². The Morgan fingerprint density at radius 2 is 1.96 bits per heavy atom. The molecule has 0 N–H and O–H groups in total. The summed E-state index contributed by atoms with van der Waals surface area (Å²) >= 11 is 4.69. The molecule has 0 aliphatic rings. The molecule has 4 rings (SSSR count). The van der Waals surface area contributed by atoms with Crippen LogP contribution in [0.15, 0.2) is 63.4 Å². The average Bonchev–Trinajstić information content (AvgIpc) is 3.05. The van der Waals surface area contributed by atoms with Gasteiger partial charge in [0.1, 0.15) is 10.6 Å². The lowest BCUT2D eigenvalue weighted by atomic mass is 10.1.